The van der Waals surface area contributed by atoms with E-state index in [9.17, 15) is 9.59 Å². The molecule has 0 unspecified atom stereocenters. The van der Waals surface area contributed by atoms with Crippen molar-refractivity contribution >= 4 is 23.3 Å². The Labute approximate surface area is 181 Å². The number of rotatable bonds is 6. The van der Waals surface area contributed by atoms with Crippen LogP contribution in [0.25, 0.3) is 0 Å². The molecule has 0 saturated carbocycles. The number of benzene rings is 2. The SMILES string of the molecule is CCN1CCN(c2ccc(NC(=O)COC(=O)c3ccc4c(c3)OCCO4)cc2)CC1. The maximum atomic E-state index is 12.2. The number of esters is 1. The first kappa shape index (κ1) is 21.0. The number of likely N-dealkylation sites (N-methyl/N-ethyl adjacent to an activating group) is 1. The molecular weight excluding hydrogens is 398 g/mol. The van der Waals surface area contributed by atoms with E-state index < -0.39 is 11.9 Å². The number of fused-ring (bicyclic) bond motifs is 1. The van der Waals surface area contributed by atoms with E-state index >= 15 is 0 Å². The molecule has 2 aromatic rings. The Bertz CT molecular complexity index is 923. The van der Waals surface area contributed by atoms with Crippen molar-refractivity contribution < 1.29 is 23.8 Å². The van der Waals surface area contributed by atoms with Gasteiger partial charge in [-0.1, -0.05) is 6.92 Å². The number of amides is 1. The summed E-state index contributed by atoms with van der Waals surface area (Å²) in [5, 5.41) is 2.76. The van der Waals surface area contributed by atoms with Crippen molar-refractivity contribution in [3.8, 4) is 11.5 Å². The van der Waals surface area contributed by atoms with Gasteiger partial charge in [0.05, 0.1) is 5.56 Å². The van der Waals surface area contributed by atoms with Crippen molar-refractivity contribution in [2.45, 2.75) is 6.92 Å². The van der Waals surface area contributed by atoms with Crippen LogP contribution in [0.2, 0.25) is 0 Å². The summed E-state index contributed by atoms with van der Waals surface area (Å²) < 4.78 is 16.0. The van der Waals surface area contributed by atoms with Gasteiger partial charge < -0.3 is 29.3 Å². The first-order chi connectivity index (χ1) is 15.1. The molecule has 0 radical (unpaired) electrons. The number of nitrogens with zero attached hydrogens (tertiary/aromatic N) is 2. The van der Waals surface area contributed by atoms with Crippen molar-refractivity contribution in [2.24, 2.45) is 0 Å². The largest absolute Gasteiger partial charge is 0.486 e. The summed E-state index contributed by atoms with van der Waals surface area (Å²) in [6, 6.07) is 12.5. The first-order valence-electron chi connectivity index (χ1n) is 10.6. The molecule has 1 fully saturated rings. The third kappa shape index (κ3) is 5.27. The van der Waals surface area contributed by atoms with Crippen LogP contribution < -0.4 is 19.7 Å². The zero-order valence-electron chi connectivity index (χ0n) is 17.6. The normalized spacial score (nSPS) is 16.0. The smallest absolute Gasteiger partial charge is 0.338 e. The molecule has 0 aliphatic carbocycles. The van der Waals surface area contributed by atoms with E-state index in [-0.39, 0.29) is 6.61 Å². The van der Waals surface area contributed by atoms with Crippen molar-refractivity contribution in [1.29, 1.82) is 0 Å². The van der Waals surface area contributed by atoms with Gasteiger partial charge in [-0.3, -0.25) is 4.79 Å². The van der Waals surface area contributed by atoms with Crippen LogP contribution in [0.15, 0.2) is 42.5 Å². The van der Waals surface area contributed by atoms with Gasteiger partial charge in [0.25, 0.3) is 5.91 Å². The quantitative estimate of drug-likeness (QED) is 0.712. The molecule has 8 heteroatoms. The van der Waals surface area contributed by atoms with Crippen LogP contribution in [0.5, 0.6) is 11.5 Å². The van der Waals surface area contributed by atoms with Crippen LogP contribution >= 0.6 is 0 Å². The fourth-order valence-electron chi connectivity index (χ4n) is 3.66. The lowest BCUT2D eigenvalue weighted by molar-refractivity contribution is -0.119. The van der Waals surface area contributed by atoms with Gasteiger partial charge in [0.15, 0.2) is 18.1 Å². The molecule has 8 nitrogen and oxygen atoms in total. The lowest BCUT2D eigenvalue weighted by Crippen LogP contribution is -2.46. The summed E-state index contributed by atoms with van der Waals surface area (Å²) in [5.41, 5.74) is 2.11. The van der Waals surface area contributed by atoms with Crippen molar-refractivity contribution in [2.75, 3.05) is 62.8 Å². The Morgan fingerprint density at radius 1 is 0.968 bits per heavy atom. The number of hydrogen-bond acceptors (Lipinski definition) is 7. The number of anilines is 2. The average molecular weight is 425 g/mol. The number of carbonyl (C=O) groups is 2. The van der Waals surface area contributed by atoms with Gasteiger partial charge in [-0.2, -0.15) is 0 Å². The van der Waals surface area contributed by atoms with Gasteiger partial charge in [0, 0.05) is 37.6 Å². The van der Waals surface area contributed by atoms with E-state index in [2.05, 4.69) is 22.0 Å². The lowest BCUT2D eigenvalue weighted by Gasteiger charge is -2.35. The average Bonchev–Trinajstić information content (AvgIpc) is 2.83. The predicted molar refractivity (Wildman–Crippen MR) is 117 cm³/mol. The molecule has 2 aliphatic rings. The fourth-order valence-corrected chi connectivity index (χ4v) is 3.66. The molecule has 1 amide bonds. The molecular formula is C23H27N3O5. The third-order valence-corrected chi connectivity index (χ3v) is 5.45. The Kier molecular flexibility index (Phi) is 6.57. The maximum absolute atomic E-state index is 12.2. The number of carbonyl (C=O) groups excluding carboxylic acids is 2. The molecule has 1 N–H and O–H groups in total. The zero-order chi connectivity index (χ0) is 21.6. The molecule has 164 valence electrons. The molecule has 2 aromatic carbocycles. The van der Waals surface area contributed by atoms with E-state index in [1.54, 1.807) is 18.2 Å². The van der Waals surface area contributed by atoms with E-state index in [0.717, 1.165) is 38.4 Å². The minimum atomic E-state index is -0.589. The fraction of sp³-hybridized carbons (Fsp3) is 0.391. The van der Waals surface area contributed by atoms with Gasteiger partial charge >= 0.3 is 5.97 Å². The monoisotopic (exact) mass is 425 g/mol. The second kappa shape index (κ2) is 9.70. The standard InChI is InChI=1S/C23H27N3O5/c1-2-25-9-11-26(12-10-25)19-6-4-18(5-7-19)24-22(27)16-31-23(28)17-3-8-20-21(15-17)30-14-13-29-20/h3-8,15H,2,9-14,16H2,1H3,(H,24,27). The van der Waals surface area contributed by atoms with Crippen LogP contribution in [0.3, 0.4) is 0 Å². The summed E-state index contributed by atoms with van der Waals surface area (Å²) in [7, 11) is 0. The molecule has 31 heavy (non-hydrogen) atoms. The topological polar surface area (TPSA) is 80.3 Å². The highest BCUT2D eigenvalue weighted by atomic mass is 16.6. The third-order valence-electron chi connectivity index (χ3n) is 5.45. The summed E-state index contributed by atoms with van der Waals surface area (Å²) in [5.74, 6) is 0.112. The summed E-state index contributed by atoms with van der Waals surface area (Å²) >= 11 is 0. The highest BCUT2D eigenvalue weighted by Gasteiger charge is 2.18. The molecule has 0 bridgehead atoms. The van der Waals surface area contributed by atoms with Crippen LogP contribution in [0.4, 0.5) is 11.4 Å². The number of nitrogens with one attached hydrogen (secondary N) is 1. The number of ether oxygens (including phenoxy) is 3. The van der Waals surface area contributed by atoms with Crippen LogP contribution in [-0.4, -0.2) is 69.3 Å². The van der Waals surface area contributed by atoms with Crippen LogP contribution in [0, 0.1) is 0 Å². The molecule has 0 aromatic heterocycles. The second-order valence-corrected chi connectivity index (χ2v) is 7.45. The highest BCUT2D eigenvalue weighted by molar-refractivity contribution is 5.95. The number of piperazine rings is 1. The van der Waals surface area contributed by atoms with Gasteiger partial charge in [-0.05, 0) is 49.0 Å². The molecule has 0 spiro atoms. The van der Waals surface area contributed by atoms with Gasteiger partial charge in [0.1, 0.15) is 13.2 Å². The Hall–Kier alpha value is -3.26. The lowest BCUT2D eigenvalue weighted by atomic mass is 10.2. The Morgan fingerprint density at radius 3 is 2.39 bits per heavy atom. The van der Waals surface area contributed by atoms with E-state index in [1.807, 2.05) is 24.3 Å². The number of hydrogen-bond donors (Lipinski definition) is 1. The second-order valence-electron chi connectivity index (χ2n) is 7.45. The molecule has 1 saturated heterocycles. The Morgan fingerprint density at radius 2 is 1.68 bits per heavy atom. The molecule has 2 heterocycles. The van der Waals surface area contributed by atoms with Crippen molar-refractivity contribution in [1.82, 2.24) is 4.90 Å². The van der Waals surface area contributed by atoms with E-state index in [4.69, 9.17) is 14.2 Å². The summed E-state index contributed by atoms with van der Waals surface area (Å²) in [4.78, 5) is 29.2. The Balaban J connectivity index is 1.25. The van der Waals surface area contributed by atoms with Crippen LogP contribution in [0.1, 0.15) is 17.3 Å². The van der Waals surface area contributed by atoms with E-state index in [0.29, 0.717) is 36.0 Å². The molecule has 2 aliphatic heterocycles. The van der Waals surface area contributed by atoms with Gasteiger partial charge in [-0.25, -0.2) is 4.79 Å². The summed E-state index contributed by atoms with van der Waals surface area (Å²) in [6.45, 7) is 7.92. The highest BCUT2D eigenvalue weighted by Crippen LogP contribution is 2.30. The minimum absolute atomic E-state index is 0.310. The van der Waals surface area contributed by atoms with Crippen LogP contribution in [-0.2, 0) is 9.53 Å². The maximum Gasteiger partial charge on any atom is 0.338 e. The van der Waals surface area contributed by atoms with Crippen molar-refractivity contribution in [3.63, 3.8) is 0 Å². The zero-order valence-corrected chi connectivity index (χ0v) is 17.6. The van der Waals surface area contributed by atoms with Gasteiger partial charge in [0.2, 0.25) is 0 Å². The van der Waals surface area contributed by atoms with Gasteiger partial charge in [-0.15, -0.1) is 0 Å². The first-order valence-corrected chi connectivity index (χ1v) is 10.6. The molecule has 0 atom stereocenters. The van der Waals surface area contributed by atoms with Crippen molar-refractivity contribution in [3.05, 3.63) is 48.0 Å². The summed E-state index contributed by atoms with van der Waals surface area (Å²) in [6.07, 6.45) is 0. The minimum Gasteiger partial charge on any atom is -0.486 e. The molecule has 4 rings (SSSR count). The predicted octanol–water partition coefficient (Wildman–Crippen LogP) is 2.40. The van der Waals surface area contributed by atoms with E-state index in [1.165, 1.54) is 0 Å².